The van der Waals surface area contributed by atoms with Gasteiger partial charge in [0.1, 0.15) is 0 Å². The highest BCUT2D eigenvalue weighted by molar-refractivity contribution is 7.99. The summed E-state index contributed by atoms with van der Waals surface area (Å²) in [7, 11) is 0. The van der Waals surface area contributed by atoms with Gasteiger partial charge in [0.05, 0.1) is 0 Å². The quantitative estimate of drug-likeness (QED) is 0.628. The number of nitrogens with one attached hydrogen (secondary N) is 1. The molecule has 0 radical (unpaired) electrons. The molecule has 1 saturated heterocycles. The molecule has 1 heterocycles. The normalized spacial score (nSPS) is 23.8. The van der Waals surface area contributed by atoms with E-state index in [1.54, 1.807) is 0 Å². The van der Waals surface area contributed by atoms with Gasteiger partial charge in [-0.3, -0.25) is 4.79 Å². The zero-order valence-corrected chi connectivity index (χ0v) is 7.32. The molecule has 0 bridgehead atoms. The molecular formula is C7H14N2OS. The Kier molecular flexibility index (Phi) is 3.72. The summed E-state index contributed by atoms with van der Waals surface area (Å²) < 4.78 is 0. The van der Waals surface area contributed by atoms with Gasteiger partial charge < -0.3 is 11.1 Å². The van der Waals surface area contributed by atoms with E-state index in [4.69, 9.17) is 5.73 Å². The van der Waals surface area contributed by atoms with Crippen LogP contribution in [0.4, 0.5) is 0 Å². The zero-order chi connectivity index (χ0) is 8.10. The Morgan fingerprint density at radius 3 is 3.09 bits per heavy atom. The Balaban J connectivity index is 1.98. The van der Waals surface area contributed by atoms with E-state index < -0.39 is 0 Å². The van der Waals surface area contributed by atoms with Gasteiger partial charge in [0.25, 0.3) is 0 Å². The van der Waals surface area contributed by atoms with E-state index in [1.807, 2.05) is 11.8 Å². The van der Waals surface area contributed by atoms with Gasteiger partial charge in [0.2, 0.25) is 5.91 Å². The Morgan fingerprint density at radius 1 is 1.73 bits per heavy atom. The molecule has 0 spiro atoms. The van der Waals surface area contributed by atoms with Crippen molar-refractivity contribution >= 4 is 17.7 Å². The van der Waals surface area contributed by atoms with Crippen molar-refractivity contribution in [2.24, 2.45) is 5.73 Å². The molecule has 1 fully saturated rings. The van der Waals surface area contributed by atoms with Gasteiger partial charge in [-0.1, -0.05) is 0 Å². The molecule has 1 aliphatic heterocycles. The number of nitrogens with two attached hydrogens (primary N) is 1. The maximum atomic E-state index is 10.4. The Hall–Kier alpha value is -0.220. The molecule has 3 N–H and O–H groups in total. The number of carbonyl (C=O) groups excluding carboxylic acids is 1. The lowest BCUT2D eigenvalue weighted by atomic mass is 10.2. The molecule has 3 nitrogen and oxygen atoms in total. The van der Waals surface area contributed by atoms with Gasteiger partial charge in [-0.05, 0) is 12.2 Å². The third-order valence-corrected chi connectivity index (χ3v) is 2.90. The minimum atomic E-state index is -0.219. The van der Waals surface area contributed by atoms with Crippen LogP contribution in [-0.2, 0) is 4.79 Å². The summed E-state index contributed by atoms with van der Waals surface area (Å²) in [4.78, 5) is 10.4. The topological polar surface area (TPSA) is 55.1 Å². The molecule has 11 heavy (non-hydrogen) atoms. The third kappa shape index (κ3) is 3.62. The molecule has 0 aromatic rings. The van der Waals surface area contributed by atoms with Crippen LogP contribution in [0.3, 0.4) is 0 Å². The van der Waals surface area contributed by atoms with Crippen LogP contribution in [0.15, 0.2) is 0 Å². The maximum Gasteiger partial charge on any atom is 0.218 e. The molecule has 64 valence electrons. The van der Waals surface area contributed by atoms with Crippen molar-refractivity contribution in [2.75, 3.05) is 18.1 Å². The summed E-state index contributed by atoms with van der Waals surface area (Å²) in [6, 6.07) is 0.611. The lowest BCUT2D eigenvalue weighted by Gasteiger charge is -2.08. The van der Waals surface area contributed by atoms with E-state index in [0.717, 1.165) is 6.54 Å². The van der Waals surface area contributed by atoms with E-state index in [-0.39, 0.29) is 5.91 Å². The SMILES string of the molecule is NC(=O)CCNC1CCSC1. The fourth-order valence-corrected chi connectivity index (χ4v) is 2.28. The van der Waals surface area contributed by atoms with E-state index in [9.17, 15) is 4.79 Å². The molecule has 0 aromatic carbocycles. The molecular weight excluding hydrogens is 160 g/mol. The van der Waals surface area contributed by atoms with Crippen molar-refractivity contribution < 1.29 is 4.79 Å². The van der Waals surface area contributed by atoms with Crippen molar-refractivity contribution in [3.63, 3.8) is 0 Å². The Labute approximate surface area is 71.1 Å². The molecule has 0 aliphatic carbocycles. The second kappa shape index (κ2) is 4.62. The van der Waals surface area contributed by atoms with Crippen LogP contribution in [-0.4, -0.2) is 30.0 Å². The summed E-state index contributed by atoms with van der Waals surface area (Å²) in [5, 5.41) is 3.29. The summed E-state index contributed by atoms with van der Waals surface area (Å²) in [6.07, 6.45) is 1.69. The van der Waals surface area contributed by atoms with Crippen molar-refractivity contribution in [1.29, 1.82) is 0 Å². The average molecular weight is 174 g/mol. The first-order valence-corrected chi connectivity index (χ1v) is 5.04. The minimum Gasteiger partial charge on any atom is -0.370 e. The smallest absolute Gasteiger partial charge is 0.218 e. The third-order valence-electron chi connectivity index (χ3n) is 1.73. The van der Waals surface area contributed by atoms with E-state index in [0.29, 0.717) is 12.5 Å². The minimum absolute atomic E-state index is 0.219. The maximum absolute atomic E-state index is 10.4. The van der Waals surface area contributed by atoms with Crippen LogP contribution in [0.2, 0.25) is 0 Å². The standard InChI is InChI=1S/C7H14N2OS/c8-7(10)1-3-9-6-2-4-11-5-6/h6,9H,1-5H2,(H2,8,10). The summed E-state index contributed by atoms with van der Waals surface area (Å²) in [5.41, 5.74) is 4.99. The van der Waals surface area contributed by atoms with Crippen molar-refractivity contribution in [1.82, 2.24) is 5.32 Å². The van der Waals surface area contributed by atoms with Crippen LogP contribution in [0.1, 0.15) is 12.8 Å². The highest BCUT2D eigenvalue weighted by atomic mass is 32.2. The second-order valence-corrected chi connectivity index (χ2v) is 3.88. The fourth-order valence-electron chi connectivity index (χ4n) is 1.09. The van der Waals surface area contributed by atoms with Crippen molar-refractivity contribution in [3.05, 3.63) is 0 Å². The van der Waals surface area contributed by atoms with Crippen LogP contribution < -0.4 is 11.1 Å². The molecule has 1 amide bonds. The van der Waals surface area contributed by atoms with Crippen LogP contribution >= 0.6 is 11.8 Å². The molecule has 0 aromatic heterocycles. The lowest BCUT2D eigenvalue weighted by molar-refractivity contribution is -0.117. The van der Waals surface area contributed by atoms with Gasteiger partial charge >= 0.3 is 0 Å². The van der Waals surface area contributed by atoms with E-state index in [1.165, 1.54) is 17.9 Å². The first-order valence-electron chi connectivity index (χ1n) is 3.88. The van der Waals surface area contributed by atoms with Gasteiger partial charge in [-0.25, -0.2) is 0 Å². The number of rotatable bonds is 4. The van der Waals surface area contributed by atoms with E-state index in [2.05, 4.69) is 5.32 Å². The summed E-state index contributed by atoms with van der Waals surface area (Å²) in [6.45, 7) is 0.737. The number of hydrogen-bond donors (Lipinski definition) is 2. The monoisotopic (exact) mass is 174 g/mol. The van der Waals surface area contributed by atoms with Gasteiger partial charge in [-0.15, -0.1) is 0 Å². The second-order valence-electron chi connectivity index (χ2n) is 2.73. The highest BCUT2D eigenvalue weighted by Crippen LogP contribution is 2.16. The number of hydrogen-bond acceptors (Lipinski definition) is 3. The largest absolute Gasteiger partial charge is 0.370 e. The Morgan fingerprint density at radius 2 is 2.55 bits per heavy atom. The van der Waals surface area contributed by atoms with Gasteiger partial charge in [0.15, 0.2) is 0 Å². The number of carbonyl (C=O) groups is 1. The Bertz CT molecular complexity index is 134. The predicted molar refractivity (Wildman–Crippen MR) is 47.5 cm³/mol. The molecule has 1 rings (SSSR count). The predicted octanol–water partition coefficient (Wildman–Crippen LogP) is -0.0431. The molecule has 1 unspecified atom stereocenters. The number of amides is 1. The van der Waals surface area contributed by atoms with Crippen LogP contribution in [0.5, 0.6) is 0 Å². The van der Waals surface area contributed by atoms with Crippen LogP contribution in [0, 0.1) is 0 Å². The lowest BCUT2D eigenvalue weighted by Crippen LogP contribution is -2.31. The molecule has 1 aliphatic rings. The summed E-state index contributed by atoms with van der Waals surface area (Å²) in [5.74, 6) is 2.20. The van der Waals surface area contributed by atoms with Gasteiger partial charge in [0, 0.05) is 24.8 Å². The highest BCUT2D eigenvalue weighted by Gasteiger charge is 2.13. The van der Waals surface area contributed by atoms with Gasteiger partial charge in [-0.2, -0.15) is 11.8 Å². The number of thioether (sulfide) groups is 1. The fraction of sp³-hybridized carbons (Fsp3) is 0.857. The first-order chi connectivity index (χ1) is 5.29. The molecule has 1 atom stereocenters. The summed E-state index contributed by atoms with van der Waals surface area (Å²) >= 11 is 1.96. The first kappa shape index (κ1) is 8.87. The number of primary amides is 1. The molecule has 4 heteroatoms. The zero-order valence-electron chi connectivity index (χ0n) is 6.51. The average Bonchev–Trinajstić information content (AvgIpc) is 2.39. The van der Waals surface area contributed by atoms with Crippen LogP contribution in [0.25, 0.3) is 0 Å². The van der Waals surface area contributed by atoms with Crippen molar-refractivity contribution in [2.45, 2.75) is 18.9 Å². The van der Waals surface area contributed by atoms with E-state index >= 15 is 0 Å². The van der Waals surface area contributed by atoms with Crippen molar-refractivity contribution in [3.8, 4) is 0 Å². The molecule has 0 saturated carbocycles.